The minimum Gasteiger partial charge on any atom is -0.361 e. The second-order valence-electron chi connectivity index (χ2n) is 6.98. The van der Waals surface area contributed by atoms with Crippen molar-refractivity contribution in [2.45, 2.75) is 68.6 Å². The molecule has 2 spiro atoms. The Kier molecular flexibility index (Phi) is 2.57. The molecule has 0 aromatic carbocycles. The second kappa shape index (κ2) is 4.08. The number of carbonyl (C=O) groups excluding carboxylic acids is 1. The summed E-state index contributed by atoms with van der Waals surface area (Å²) in [5.74, 6) is 0.636. The van der Waals surface area contributed by atoms with E-state index in [4.69, 9.17) is 4.74 Å². The Morgan fingerprint density at radius 1 is 1.21 bits per heavy atom. The van der Waals surface area contributed by atoms with E-state index in [0.29, 0.717) is 12.0 Å². The third-order valence-electron chi connectivity index (χ3n) is 5.99. The van der Waals surface area contributed by atoms with Gasteiger partial charge in [0.1, 0.15) is 5.60 Å². The van der Waals surface area contributed by atoms with Gasteiger partial charge in [-0.3, -0.25) is 4.79 Å². The first kappa shape index (κ1) is 12.0. The molecule has 3 atom stereocenters. The lowest BCUT2D eigenvalue weighted by Crippen LogP contribution is -2.61. The molecule has 0 aromatic heterocycles. The lowest BCUT2D eigenvalue weighted by Gasteiger charge is -2.53. The molecule has 3 aliphatic heterocycles. The van der Waals surface area contributed by atoms with Crippen molar-refractivity contribution in [3.8, 4) is 0 Å². The predicted octanol–water partition coefficient (Wildman–Crippen LogP) is 2.66. The zero-order valence-corrected chi connectivity index (χ0v) is 11.5. The van der Waals surface area contributed by atoms with E-state index in [9.17, 15) is 4.79 Å². The molecule has 1 aliphatic carbocycles. The maximum absolute atomic E-state index is 11.7. The van der Waals surface area contributed by atoms with Gasteiger partial charge >= 0.3 is 0 Å². The molecule has 104 valence electrons. The van der Waals surface area contributed by atoms with Gasteiger partial charge in [0, 0.05) is 5.54 Å². The third kappa shape index (κ3) is 1.63. The summed E-state index contributed by atoms with van der Waals surface area (Å²) in [5.41, 5.74) is 0.0129. The van der Waals surface area contributed by atoms with Crippen molar-refractivity contribution in [2.75, 3.05) is 6.54 Å². The van der Waals surface area contributed by atoms with Gasteiger partial charge in [0.2, 0.25) is 6.41 Å². The van der Waals surface area contributed by atoms with Gasteiger partial charge in [-0.25, -0.2) is 0 Å². The van der Waals surface area contributed by atoms with Crippen LogP contribution in [0.15, 0.2) is 12.2 Å². The highest BCUT2D eigenvalue weighted by molar-refractivity contribution is 5.51. The Bertz CT molecular complexity index is 411. The average molecular weight is 261 g/mol. The quantitative estimate of drug-likeness (QED) is 0.536. The Morgan fingerprint density at radius 2 is 2.00 bits per heavy atom. The Labute approximate surface area is 115 Å². The molecule has 19 heavy (non-hydrogen) atoms. The molecule has 4 rings (SSSR count). The number of likely N-dealkylation sites (tertiary alicyclic amines) is 1. The smallest absolute Gasteiger partial charge is 0.210 e. The summed E-state index contributed by atoms with van der Waals surface area (Å²) < 4.78 is 6.15. The summed E-state index contributed by atoms with van der Waals surface area (Å²) in [6.45, 7) is 0.786. The van der Waals surface area contributed by atoms with Crippen LogP contribution >= 0.6 is 0 Å². The second-order valence-corrected chi connectivity index (χ2v) is 6.98. The van der Waals surface area contributed by atoms with E-state index >= 15 is 0 Å². The summed E-state index contributed by atoms with van der Waals surface area (Å²) in [6, 6.07) is 0. The molecule has 3 fully saturated rings. The number of ether oxygens (including phenoxy) is 1. The summed E-state index contributed by atoms with van der Waals surface area (Å²) in [4.78, 5) is 13.8. The van der Waals surface area contributed by atoms with Crippen molar-refractivity contribution in [3.63, 3.8) is 0 Å². The van der Waals surface area contributed by atoms with E-state index in [-0.39, 0.29) is 11.1 Å². The topological polar surface area (TPSA) is 29.5 Å². The van der Waals surface area contributed by atoms with Crippen LogP contribution in [0.25, 0.3) is 0 Å². The van der Waals surface area contributed by atoms with Crippen molar-refractivity contribution < 1.29 is 9.53 Å². The number of fused-ring (bicyclic) bond motifs is 1. The molecule has 1 amide bonds. The normalized spacial score (nSPS) is 43.3. The first-order chi connectivity index (χ1) is 9.26. The number of rotatable bonds is 1. The molecule has 3 heterocycles. The molecule has 2 bridgehead atoms. The highest BCUT2D eigenvalue weighted by Crippen LogP contribution is 2.53. The lowest BCUT2D eigenvalue weighted by atomic mass is 9.68. The van der Waals surface area contributed by atoms with E-state index in [1.807, 2.05) is 0 Å². The molecule has 4 aliphatic rings. The molecular formula is C16H23NO2. The maximum atomic E-state index is 11.7. The fraction of sp³-hybridized carbons (Fsp3) is 0.812. The van der Waals surface area contributed by atoms with Crippen LogP contribution in [0, 0.1) is 5.92 Å². The van der Waals surface area contributed by atoms with Gasteiger partial charge in [-0.1, -0.05) is 37.8 Å². The molecular weight excluding hydrogens is 238 g/mol. The van der Waals surface area contributed by atoms with Gasteiger partial charge < -0.3 is 9.64 Å². The van der Waals surface area contributed by atoms with E-state index in [1.165, 1.54) is 44.9 Å². The van der Waals surface area contributed by atoms with E-state index in [0.717, 1.165) is 19.4 Å². The third-order valence-corrected chi connectivity index (χ3v) is 5.99. The molecule has 0 unspecified atom stereocenters. The van der Waals surface area contributed by atoms with E-state index < -0.39 is 0 Å². The van der Waals surface area contributed by atoms with Crippen LogP contribution in [-0.4, -0.2) is 35.1 Å². The molecule has 3 heteroatoms. The highest BCUT2D eigenvalue weighted by atomic mass is 16.5. The highest BCUT2D eigenvalue weighted by Gasteiger charge is 2.58. The summed E-state index contributed by atoms with van der Waals surface area (Å²) >= 11 is 0. The van der Waals surface area contributed by atoms with Gasteiger partial charge in [0.25, 0.3) is 0 Å². The molecule has 0 N–H and O–H groups in total. The first-order valence-electron chi connectivity index (χ1n) is 7.86. The Balaban J connectivity index is 1.66. The molecule has 1 saturated carbocycles. The lowest BCUT2D eigenvalue weighted by molar-refractivity contribution is -0.140. The van der Waals surface area contributed by atoms with Crippen LogP contribution in [-0.2, 0) is 9.53 Å². The average Bonchev–Trinajstić information content (AvgIpc) is 2.88. The summed E-state index contributed by atoms with van der Waals surface area (Å²) in [5, 5.41) is 0. The largest absolute Gasteiger partial charge is 0.361 e. The number of amides is 1. The number of piperidine rings is 1. The van der Waals surface area contributed by atoms with Gasteiger partial charge in [-0.05, 0) is 31.6 Å². The SMILES string of the molecule is O=CN1C[C@]23C=C[C@H](C[C@@H]2CC12CCCCCC2)O3. The van der Waals surface area contributed by atoms with Crippen LogP contribution in [0.3, 0.4) is 0 Å². The van der Waals surface area contributed by atoms with Crippen molar-refractivity contribution >= 4 is 6.41 Å². The van der Waals surface area contributed by atoms with Crippen molar-refractivity contribution in [1.29, 1.82) is 0 Å². The molecule has 0 aromatic rings. The Morgan fingerprint density at radius 3 is 2.68 bits per heavy atom. The van der Waals surface area contributed by atoms with Gasteiger partial charge in [-0.2, -0.15) is 0 Å². The maximum Gasteiger partial charge on any atom is 0.210 e. The minimum absolute atomic E-state index is 0.136. The van der Waals surface area contributed by atoms with Crippen LogP contribution in [0.1, 0.15) is 51.4 Å². The fourth-order valence-corrected chi connectivity index (χ4v) is 4.98. The van der Waals surface area contributed by atoms with Crippen molar-refractivity contribution in [2.24, 2.45) is 5.92 Å². The molecule has 3 nitrogen and oxygen atoms in total. The van der Waals surface area contributed by atoms with Gasteiger partial charge in [0.05, 0.1) is 12.6 Å². The monoisotopic (exact) mass is 261 g/mol. The van der Waals surface area contributed by atoms with E-state index in [1.54, 1.807) is 0 Å². The van der Waals surface area contributed by atoms with E-state index in [2.05, 4.69) is 17.1 Å². The van der Waals surface area contributed by atoms with Crippen LogP contribution in [0.5, 0.6) is 0 Å². The standard InChI is InChI=1S/C16H23NO2/c18-12-17-11-16-8-5-14(19-16)9-13(16)10-15(17)6-3-1-2-4-7-15/h5,8,12-14H,1-4,6-7,9-11H2/t13-,14-,16-/m1/s1. The summed E-state index contributed by atoms with van der Waals surface area (Å²) in [7, 11) is 0. The number of hydrogen-bond donors (Lipinski definition) is 0. The zero-order valence-electron chi connectivity index (χ0n) is 11.5. The van der Waals surface area contributed by atoms with Crippen LogP contribution < -0.4 is 0 Å². The number of nitrogens with zero attached hydrogens (tertiary/aromatic N) is 1. The molecule has 0 radical (unpaired) electrons. The Hall–Kier alpha value is -0.830. The van der Waals surface area contributed by atoms with Crippen molar-refractivity contribution in [3.05, 3.63) is 12.2 Å². The summed E-state index contributed by atoms with van der Waals surface area (Å²) in [6.07, 6.45) is 15.8. The fourth-order valence-electron chi connectivity index (χ4n) is 4.98. The molecule has 2 saturated heterocycles. The minimum atomic E-state index is -0.136. The number of hydrogen-bond acceptors (Lipinski definition) is 2. The van der Waals surface area contributed by atoms with Crippen LogP contribution in [0.4, 0.5) is 0 Å². The first-order valence-corrected chi connectivity index (χ1v) is 7.86. The zero-order chi connectivity index (χ0) is 12.9. The van der Waals surface area contributed by atoms with Crippen molar-refractivity contribution in [1.82, 2.24) is 4.90 Å². The number of carbonyl (C=O) groups is 1. The van der Waals surface area contributed by atoms with Gasteiger partial charge in [-0.15, -0.1) is 0 Å². The predicted molar refractivity (Wildman–Crippen MR) is 72.7 cm³/mol. The van der Waals surface area contributed by atoms with Gasteiger partial charge in [0.15, 0.2) is 0 Å². The van der Waals surface area contributed by atoms with Crippen LogP contribution in [0.2, 0.25) is 0 Å².